The van der Waals surface area contributed by atoms with Crippen LogP contribution in [0.3, 0.4) is 0 Å². The van der Waals surface area contributed by atoms with E-state index in [1.807, 2.05) is 18.4 Å². The Labute approximate surface area is 123 Å². The SMILES string of the molecule is Cc1occc1SC=CC(=O)NC1CN2CCC1CC2. The Morgan fingerprint density at radius 1 is 1.50 bits per heavy atom. The molecule has 108 valence electrons. The van der Waals surface area contributed by atoms with E-state index in [9.17, 15) is 4.79 Å². The largest absolute Gasteiger partial charge is 0.468 e. The van der Waals surface area contributed by atoms with E-state index in [1.54, 1.807) is 12.3 Å². The summed E-state index contributed by atoms with van der Waals surface area (Å²) in [4.78, 5) is 15.4. The summed E-state index contributed by atoms with van der Waals surface area (Å²) in [6, 6.07) is 2.24. The number of rotatable bonds is 4. The van der Waals surface area contributed by atoms with E-state index in [2.05, 4.69) is 10.2 Å². The number of thioether (sulfide) groups is 1. The Morgan fingerprint density at radius 2 is 2.30 bits per heavy atom. The first-order valence-electron chi connectivity index (χ1n) is 7.12. The predicted octanol–water partition coefficient (Wildman–Crippen LogP) is 2.40. The first-order chi connectivity index (χ1) is 9.72. The normalized spacial score (nSPS) is 28.9. The van der Waals surface area contributed by atoms with Crippen LogP contribution in [-0.4, -0.2) is 36.5 Å². The van der Waals surface area contributed by atoms with Crippen molar-refractivity contribution in [3.8, 4) is 0 Å². The molecular weight excluding hydrogens is 272 g/mol. The minimum atomic E-state index is 0.0115. The summed E-state index contributed by atoms with van der Waals surface area (Å²) in [6.45, 7) is 5.33. The highest BCUT2D eigenvalue weighted by atomic mass is 32.2. The monoisotopic (exact) mass is 292 g/mol. The highest BCUT2D eigenvalue weighted by molar-refractivity contribution is 8.02. The zero-order valence-corrected chi connectivity index (χ0v) is 12.5. The zero-order valence-electron chi connectivity index (χ0n) is 11.7. The molecule has 1 aromatic heterocycles. The molecule has 4 heterocycles. The van der Waals surface area contributed by atoms with Crippen LogP contribution >= 0.6 is 11.8 Å². The molecule has 0 aromatic carbocycles. The Morgan fingerprint density at radius 3 is 2.90 bits per heavy atom. The first-order valence-corrected chi connectivity index (χ1v) is 8.00. The van der Waals surface area contributed by atoms with Gasteiger partial charge in [0.25, 0.3) is 0 Å². The fraction of sp³-hybridized carbons (Fsp3) is 0.533. The summed E-state index contributed by atoms with van der Waals surface area (Å²) in [5.74, 6) is 1.57. The number of nitrogens with zero attached hydrogens (tertiary/aromatic N) is 1. The van der Waals surface area contributed by atoms with Gasteiger partial charge in [-0.2, -0.15) is 0 Å². The number of amides is 1. The van der Waals surface area contributed by atoms with Gasteiger partial charge in [-0.15, -0.1) is 0 Å². The number of carbonyl (C=O) groups is 1. The lowest BCUT2D eigenvalue weighted by molar-refractivity contribution is -0.118. The van der Waals surface area contributed by atoms with Gasteiger partial charge < -0.3 is 14.6 Å². The summed E-state index contributed by atoms with van der Waals surface area (Å²) in [5, 5.41) is 4.97. The molecule has 0 spiro atoms. The van der Waals surface area contributed by atoms with Crippen LogP contribution < -0.4 is 5.32 Å². The van der Waals surface area contributed by atoms with Crippen LogP contribution in [0.5, 0.6) is 0 Å². The fourth-order valence-electron chi connectivity index (χ4n) is 3.02. The van der Waals surface area contributed by atoms with Gasteiger partial charge in [-0.05, 0) is 50.2 Å². The number of carbonyl (C=O) groups excluding carboxylic acids is 1. The van der Waals surface area contributed by atoms with Crippen LogP contribution in [0.1, 0.15) is 18.6 Å². The molecule has 1 N–H and O–H groups in total. The van der Waals surface area contributed by atoms with Crippen LogP contribution in [0.15, 0.2) is 33.1 Å². The van der Waals surface area contributed by atoms with Gasteiger partial charge in [0, 0.05) is 18.7 Å². The second-order valence-electron chi connectivity index (χ2n) is 5.51. The van der Waals surface area contributed by atoms with Crippen LogP contribution in [0, 0.1) is 12.8 Å². The molecule has 3 saturated heterocycles. The van der Waals surface area contributed by atoms with Gasteiger partial charge in [0.15, 0.2) is 0 Å². The summed E-state index contributed by atoms with van der Waals surface area (Å²) in [7, 11) is 0. The highest BCUT2D eigenvalue weighted by Crippen LogP contribution is 2.27. The average molecular weight is 292 g/mol. The molecule has 3 aliphatic heterocycles. The predicted molar refractivity (Wildman–Crippen MR) is 79.5 cm³/mol. The number of aryl methyl sites for hydroxylation is 1. The summed E-state index contributed by atoms with van der Waals surface area (Å²) in [5.41, 5.74) is 0. The molecule has 1 unspecified atom stereocenters. The molecule has 1 aromatic rings. The Hall–Kier alpha value is -1.20. The molecule has 5 heteroatoms. The number of nitrogens with one attached hydrogen (secondary N) is 1. The molecule has 1 amide bonds. The molecule has 2 bridgehead atoms. The minimum absolute atomic E-state index is 0.0115. The Balaban J connectivity index is 1.49. The van der Waals surface area contributed by atoms with Gasteiger partial charge in [0.2, 0.25) is 5.91 Å². The van der Waals surface area contributed by atoms with Crippen LogP contribution in [0.4, 0.5) is 0 Å². The van der Waals surface area contributed by atoms with Crippen molar-refractivity contribution in [3.63, 3.8) is 0 Å². The van der Waals surface area contributed by atoms with Crippen molar-refractivity contribution in [2.75, 3.05) is 19.6 Å². The molecule has 0 radical (unpaired) electrons. The van der Waals surface area contributed by atoms with Crippen molar-refractivity contribution in [1.29, 1.82) is 0 Å². The second-order valence-corrected chi connectivity index (χ2v) is 6.46. The summed E-state index contributed by atoms with van der Waals surface area (Å²) < 4.78 is 5.22. The van der Waals surface area contributed by atoms with Crippen molar-refractivity contribution in [2.45, 2.75) is 30.7 Å². The van der Waals surface area contributed by atoms with Crippen molar-refractivity contribution in [2.24, 2.45) is 5.92 Å². The lowest BCUT2D eigenvalue weighted by atomic mass is 9.84. The van der Waals surface area contributed by atoms with Crippen molar-refractivity contribution >= 4 is 17.7 Å². The average Bonchev–Trinajstić information content (AvgIpc) is 2.86. The minimum Gasteiger partial charge on any atom is -0.468 e. The van der Waals surface area contributed by atoms with E-state index in [4.69, 9.17) is 4.42 Å². The van der Waals surface area contributed by atoms with Gasteiger partial charge in [0.05, 0.1) is 11.2 Å². The van der Waals surface area contributed by atoms with E-state index in [1.165, 1.54) is 37.7 Å². The van der Waals surface area contributed by atoms with Crippen LogP contribution in [0.2, 0.25) is 0 Å². The quantitative estimate of drug-likeness (QED) is 0.684. The van der Waals surface area contributed by atoms with Gasteiger partial charge >= 0.3 is 0 Å². The molecule has 3 aliphatic rings. The Kier molecular flexibility index (Phi) is 4.17. The maximum atomic E-state index is 11.9. The molecule has 4 rings (SSSR count). The molecule has 4 nitrogen and oxygen atoms in total. The van der Waals surface area contributed by atoms with Crippen molar-refractivity contribution in [1.82, 2.24) is 10.2 Å². The van der Waals surface area contributed by atoms with Crippen molar-refractivity contribution in [3.05, 3.63) is 29.6 Å². The molecule has 0 aliphatic carbocycles. The lowest BCUT2D eigenvalue weighted by Gasteiger charge is -2.44. The first kappa shape index (κ1) is 13.8. The third-order valence-electron chi connectivity index (χ3n) is 4.21. The third kappa shape index (κ3) is 3.10. The van der Waals surface area contributed by atoms with Crippen molar-refractivity contribution < 1.29 is 9.21 Å². The van der Waals surface area contributed by atoms with Crippen LogP contribution in [0.25, 0.3) is 0 Å². The number of furan rings is 1. The maximum absolute atomic E-state index is 11.9. The van der Waals surface area contributed by atoms with Gasteiger partial charge in [-0.3, -0.25) is 4.79 Å². The third-order valence-corrected chi connectivity index (χ3v) is 5.16. The molecule has 1 atom stereocenters. The Bertz CT molecular complexity index is 504. The molecule has 0 saturated carbocycles. The second kappa shape index (κ2) is 6.06. The zero-order chi connectivity index (χ0) is 13.9. The summed E-state index contributed by atoms with van der Waals surface area (Å²) >= 11 is 1.51. The number of piperidine rings is 3. The smallest absolute Gasteiger partial charge is 0.244 e. The fourth-order valence-corrected chi connectivity index (χ4v) is 3.71. The highest BCUT2D eigenvalue weighted by Gasteiger charge is 2.34. The maximum Gasteiger partial charge on any atom is 0.244 e. The molecule has 3 fully saturated rings. The number of fused-ring (bicyclic) bond motifs is 3. The molecular formula is C15H20N2O2S. The van der Waals surface area contributed by atoms with E-state index in [0.717, 1.165) is 17.2 Å². The van der Waals surface area contributed by atoms with E-state index < -0.39 is 0 Å². The number of hydrogen-bond acceptors (Lipinski definition) is 4. The van der Waals surface area contributed by atoms with E-state index in [-0.39, 0.29) is 5.91 Å². The van der Waals surface area contributed by atoms with Gasteiger partial charge in [0.1, 0.15) is 5.76 Å². The van der Waals surface area contributed by atoms with E-state index >= 15 is 0 Å². The van der Waals surface area contributed by atoms with Gasteiger partial charge in [-0.1, -0.05) is 11.8 Å². The van der Waals surface area contributed by atoms with Crippen LogP contribution in [-0.2, 0) is 4.79 Å². The number of hydrogen-bond donors (Lipinski definition) is 1. The topological polar surface area (TPSA) is 45.5 Å². The summed E-state index contributed by atoms with van der Waals surface area (Å²) in [6.07, 6.45) is 5.72. The van der Waals surface area contributed by atoms with E-state index in [0.29, 0.717) is 12.0 Å². The standard InChI is InChI=1S/C15H20N2O2S/c1-11-14(4-8-19-11)20-9-5-15(18)16-13-10-17-6-2-12(13)3-7-17/h4-5,8-9,12-13H,2-3,6-7,10H2,1H3,(H,16,18). The molecule has 20 heavy (non-hydrogen) atoms. The lowest BCUT2D eigenvalue weighted by Crippen LogP contribution is -2.57. The van der Waals surface area contributed by atoms with Gasteiger partial charge in [-0.25, -0.2) is 0 Å².